The summed E-state index contributed by atoms with van der Waals surface area (Å²) in [6, 6.07) is 1.89. The summed E-state index contributed by atoms with van der Waals surface area (Å²) in [5.74, 6) is 2.50. The molecule has 0 unspecified atom stereocenters. The van der Waals surface area contributed by atoms with E-state index in [1.54, 1.807) is 21.3 Å². The van der Waals surface area contributed by atoms with Crippen LogP contribution in [0.25, 0.3) is 10.9 Å². The van der Waals surface area contributed by atoms with Crippen LogP contribution in [0.15, 0.2) is 12.4 Å². The van der Waals surface area contributed by atoms with Gasteiger partial charge in [0.25, 0.3) is 0 Å². The highest BCUT2D eigenvalue weighted by Gasteiger charge is 2.20. The van der Waals surface area contributed by atoms with Gasteiger partial charge in [0, 0.05) is 20.1 Å². The summed E-state index contributed by atoms with van der Waals surface area (Å²) in [5.41, 5.74) is 0.701. The molecule has 0 saturated carbocycles. The zero-order chi connectivity index (χ0) is 17.0. The Kier molecular flexibility index (Phi) is 5.44. The number of hydrogen-bond donors (Lipinski definition) is 0. The summed E-state index contributed by atoms with van der Waals surface area (Å²) in [5, 5.41) is 0.864. The van der Waals surface area contributed by atoms with Gasteiger partial charge in [0.2, 0.25) is 5.75 Å². The van der Waals surface area contributed by atoms with E-state index in [9.17, 15) is 0 Å². The third-order valence-corrected chi connectivity index (χ3v) is 3.66. The fourth-order valence-corrected chi connectivity index (χ4v) is 2.41. The molecule has 0 aliphatic rings. The van der Waals surface area contributed by atoms with Crippen LogP contribution in [0.3, 0.4) is 0 Å². The van der Waals surface area contributed by atoms with Crippen molar-refractivity contribution in [2.45, 2.75) is 0 Å². The van der Waals surface area contributed by atoms with E-state index in [0.717, 1.165) is 24.3 Å². The molecule has 0 aliphatic carbocycles. The Bertz CT molecular complexity index is 676. The first-order chi connectivity index (χ1) is 11.0. The summed E-state index contributed by atoms with van der Waals surface area (Å²) >= 11 is 0. The van der Waals surface area contributed by atoms with E-state index in [-0.39, 0.29) is 0 Å². The van der Waals surface area contributed by atoms with Crippen LogP contribution in [0.5, 0.6) is 17.2 Å². The van der Waals surface area contributed by atoms with Gasteiger partial charge in [-0.25, -0.2) is 9.97 Å². The van der Waals surface area contributed by atoms with E-state index >= 15 is 0 Å². The molecule has 0 amide bonds. The van der Waals surface area contributed by atoms with Crippen molar-refractivity contribution in [2.75, 3.05) is 60.5 Å². The van der Waals surface area contributed by atoms with E-state index in [0.29, 0.717) is 22.8 Å². The maximum absolute atomic E-state index is 5.50. The Morgan fingerprint density at radius 1 is 0.913 bits per heavy atom. The Balaban J connectivity index is 2.59. The second kappa shape index (κ2) is 7.32. The molecule has 0 N–H and O–H groups in total. The number of ether oxygens (including phenoxy) is 3. The van der Waals surface area contributed by atoms with E-state index in [2.05, 4.69) is 19.8 Å². The minimum atomic E-state index is 0.531. The lowest BCUT2D eigenvalue weighted by Crippen LogP contribution is -2.29. The summed E-state index contributed by atoms with van der Waals surface area (Å²) < 4.78 is 16.4. The molecule has 0 bridgehead atoms. The van der Waals surface area contributed by atoms with Crippen molar-refractivity contribution < 1.29 is 14.2 Å². The van der Waals surface area contributed by atoms with E-state index in [1.807, 2.05) is 27.2 Å². The SMILES string of the molecule is COc1cc2c(N(C)CCN(C)C)ncnc2c(OC)c1OC. The summed E-state index contributed by atoms with van der Waals surface area (Å²) in [6.45, 7) is 1.77. The molecule has 7 nitrogen and oxygen atoms in total. The third kappa shape index (κ3) is 3.39. The van der Waals surface area contributed by atoms with E-state index in [1.165, 1.54) is 6.33 Å². The lowest BCUT2D eigenvalue weighted by molar-refractivity contribution is 0.327. The Morgan fingerprint density at radius 2 is 1.61 bits per heavy atom. The molecule has 1 heterocycles. The van der Waals surface area contributed by atoms with Crippen molar-refractivity contribution >= 4 is 16.7 Å². The first-order valence-corrected chi connectivity index (χ1v) is 7.33. The lowest BCUT2D eigenvalue weighted by Gasteiger charge is -2.22. The van der Waals surface area contributed by atoms with Crippen LogP contribution in [0.2, 0.25) is 0 Å². The zero-order valence-corrected chi connectivity index (χ0v) is 14.6. The van der Waals surface area contributed by atoms with Gasteiger partial charge in [0.1, 0.15) is 17.7 Å². The number of aromatic nitrogens is 2. The number of benzene rings is 1. The minimum Gasteiger partial charge on any atom is -0.493 e. The van der Waals surface area contributed by atoms with Crippen LogP contribution in [-0.2, 0) is 0 Å². The van der Waals surface area contributed by atoms with Gasteiger partial charge in [0.15, 0.2) is 11.5 Å². The van der Waals surface area contributed by atoms with Gasteiger partial charge in [-0.15, -0.1) is 0 Å². The van der Waals surface area contributed by atoms with Crippen LogP contribution in [0.4, 0.5) is 5.82 Å². The summed E-state index contributed by atoms with van der Waals surface area (Å²) in [4.78, 5) is 13.0. The van der Waals surface area contributed by atoms with Crippen molar-refractivity contribution in [3.63, 3.8) is 0 Å². The quantitative estimate of drug-likeness (QED) is 0.769. The fourth-order valence-electron chi connectivity index (χ4n) is 2.41. The van der Waals surface area contributed by atoms with Crippen molar-refractivity contribution in [3.8, 4) is 17.2 Å². The number of likely N-dealkylation sites (N-methyl/N-ethyl adjacent to an activating group) is 2. The largest absolute Gasteiger partial charge is 0.493 e. The highest BCUT2D eigenvalue weighted by atomic mass is 16.5. The molecule has 0 radical (unpaired) electrons. The molecule has 0 spiro atoms. The topological polar surface area (TPSA) is 60.0 Å². The Morgan fingerprint density at radius 3 is 2.17 bits per heavy atom. The van der Waals surface area contributed by atoms with Crippen molar-refractivity contribution in [2.24, 2.45) is 0 Å². The van der Waals surface area contributed by atoms with Gasteiger partial charge in [0.05, 0.1) is 26.7 Å². The van der Waals surface area contributed by atoms with Gasteiger partial charge < -0.3 is 24.0 Å². The highest BCUT2D eigenvalue weighted by molar-refractivity contribution is 5.96. The standard InChI is InChI=1S/C16H24N4O3/c1-19(2)7-8-20(3)16-11-9-12(21-4)14(22-5)15(23-6)13(11)17-10-18-16/h9-10H,7-8H2,1-6H3. The van der Waals surface area contributed by atoms with E-state index in [4.69, 9.17) is 14.2 Å². The summed E-state index contributed by atoms with van der Waals surface area (Å²) in [7, 11) is 10.9. The van der Waals surface area contributed by atoms with Gasteiger partial charge in [-0.1, -0.05) is 0 Å². The average molecular weight is 320 g/mol. The molecule has 7 heteroatoms. The molecular formula is C16H24N4O3. The Hall–Kier alpha value is -2.28. The van der Waals surface area contributed by atoms with Crippen molar-refractivity contribution in [1.82, 2.24) is 14.9 Å². The van der Waals surface area contributed by atoms with Crippen LogP contribution >= 0.6 is 0 Å². The molecule has 23 heavy (non-hydrogen) atoms. The summed E-state index contributed by atoms with van der Waals surface area (Å²) in [6.07, 6.45) is 1.54. The third-order valence-electron chi connectivity index (χ3n) is 3.66. The zero-order valence-electron chi connectivity index (χ0n) is 14.6. The van der Waals surface area contributed by atoms with E-state index < -0.39 is 0 Å². The van der Waals surface area contributed by atoms with Gasteiger partial charge in [-0.05, 0) is 20.2 Å². The van der Waals surface area contributed by atoms with Crippen LogP contribution in [0, 0.1) is 0 Å². The number of fused-ring (bicyclic) bond motifs is 1. The molecule has 1 aromatic carbocycles. The van der Waals surface area contributed by atoms with Crippen LogP contribution in [-0.4, -0.2) is 70.4 Å². The predicted molar refractivity (Wildman–Crippen MR) is 91.0 cm³/mol. The number of nitrogens with zero attached hydrogens (tertiary/aromatic N) is 4. The average Bonchev–Trinajstić information content (AvgIpc) is 2.56. The van der Waals surface area contributed by atoms with Crippen LogP contribution < -0.4 is 19.1 Å². The number of methoxy groups -OCH3 is 3. The molecule has 1 aromatic heterocycles. The maximum atomic E-state index is 5.50. The predicted octanol–water partition coefficient (Wildman–Crippen LogP) is 1.65. The first kappa shape index (κ1) is 17.1. The molecule has 2 aromatic rings. The highest BCUT2D eigenvalue weighted by Crippen LogP contribution is 2.44. The van der Waals surface area contributed by atoms with Crippen LogP contribution in [0.1, 0.15) is 0 Å². The lowest BCUT2D eigenvalue weighted by atomic mass is 10.1. The van der Waals surface area contributed by atoms with Gasteiger partial charge >= 0.3 is 0 Å². The molecule has 0 aliphatic heterocycles. The number of anilines is 1. The second-order valence-electron chi connectivity index (χ2n) is 5.46. The molecule has 2 rings (SSSR count). The maximum Gasteiger partial charge on any atom is 0.205 e. The van der Waals surface area contributed by atoms with Crippen molar-refractivity contribution in [3.05, 3.63) is 12.4 Å². The second-order valence-corrected chi connectivity index (χ2v) is 5.46. The van der Waals surface area contributed by atoms with Crippen molar-refractivity contribution in [1.29, 1.82) is 0 Å². The molecule has 126 valence electrons. The minimum absolute atomic E-state index is 0.531. The molecule has 0 atom stereocenters. The van der Waals surface area contributed by atoms with Gasteiger partial charge in [-0.3, -0.25) is 0 Å². The molecular weight excluding hydrogens is 296 g/mol. The first-order valence-electron chi connectivity index (χ1n) is 7.33. The van der Waals surface area contributed by atoms with Gasteiger partial charge in [-0.2, -0.15) is 0 Å². The molecule has 0 saturated heterocycles. The number of rotatable bonds is 7. The molecule has 0 fully saturated rings. The monoisotopic (exact) mass is 320 g/mol. The normalized spacial score (nSPS) is 10.9. The Labute approximate surface area is 136 Å². The number of hydrogen-bond acceptors (Lipinski definition) is 7. The smallest absolute Gasteiger partial charge is 0.205 e. The fraction of sp³-hybridized carbons (Fsp3) is 0.500.